The van der Waals surface area contributed by atoms with Gasteiger partial charge in [-0.15, -0.1) is 5.10 Å². The summed E-state index contributed by atoms with van der Waals surface area (Å²) < 4.78 is 13.3. The Bertz CT molecular complexity index is 973. The van der Waals surface area contributed by atoms with Gasteiger partial charge >= 0.3 is 0 Å². The van der Waals surface area contributed by atoms with E-state index in [4.69, 9.17) is 14.3 Å². The molecular weight excluding hydrogens is 316 g/mol. The molecule has 0 aliphatic heterocycles. The fraction of sp³-hybridized carbons (Fsp3) is 0.150. The van der Waals surface area contributed by atoms with Gasteiger partial charge in [-0.05, 0) is 29.8 Å². The van der Waals surface area contributed by atoms with Crippen molar-refractivity contribution in [2.75, 3.05) is 0 Å². The first-order chi connectivity index (χ1) is 12.3. The van der Waals surface area contributed by atoms with Crippen LogP contribution in [0.25, 0.3) is 10.9 Å². The Morgan fingerprint density at radius 3 is 2.48 bits per heavy atom. The third-order valence-corrected chi connectivity index (χ3v) is 4.02. The van der Waals surface area contributed by atoms with Gasteiger partial charge in [0, 0.05) is 0 Å². The monoisotopic (exact) mass is 334 g/mol. The molecule has 0 saturated heterocycles. The Kier molecular flexibility index (Phi) is 4.23. The number of rotatable bonds is 6. The van der Waals surface area contributed by atoms with Crippen LogP contribution in [-0.4, -0.2) is 14.9 Å². The van der Waals surface area contributed by atoms with E-state index in [1.807, 2.05) is 47.1 Å². The van der Waals surface area contributed by atoms with Gasteiger partial charge in [0.1, 0.15) is 24.7 Å². The lowest BCUT2D eigenvalue weighted by Gasteiger charge is -2.03. The van der Waals surface area contributed by atoms with Crippen LogP contribution in [0.5, 0.6) is 5.88 Å². The minimum absolute atomic E-state index is 0.116. The SMILES string of the molecule is OCc1ccc(COc2nn(Cc3ccccc3)c3ccccc23)o1. The summed E-state index contributed by atoms with van der Waals surface area (Å²) in [6.45, 7) is 0.834. The largest absolute Gasteiger partial charge is 0.468 e. The minimum atomic E-state index is -0.116. The summed E-state index contributed by atoms with van der Waals surface area (Å²) >= 11 is 0. The van der Waals surface area contributed by atoms with Crippen molar-refractivity contribution < 1.29 is 14.3 Å². The van der Waals surface area contributed by atoms with Crippen LogP contribution in [0.1, 0.15) is 17.1 Å². The topological polar surface area (TPSA) is 60.4 Å². The molecule has 0 radical (unpaired) electrons. The average Bonchev–Trinajstić information content (AvgIpc) is 3.26. The minimum Gasteiger partial charge on any atom is -0.468 e. The van der Waals surface area contributed by atoms with Gasteiger partial charge in [-0.25, -0.2) is 0 Å². The first kappa shape index (κ1) is 15.5. The Hall–Kier alpha value is -3.05. The van der Waals surface area contributed by atoms with E-state index in [2.05, 4.69) is 17.2 Å². The molecule has 0 atom stereocenters. The van der Waals surface area contributed by atoms with E-state index >= 15 is 0 Å². The molecule has 0 fully saturated rings. The lowest BCUT2D eigenvalue weighted by molar-refractivity contribution is 0.222. The number of benzene rings is 2. The molecule has 25 heavy (non-hydrogen) atoms. The molecule has 0 bridgehead atoms. The third-order valence-electron chi connectivity index (χ3n) is 4.02. The lowest BCUT2D eigenvalue weighted by Crippen LogP contribution is -2.02. The van der Waals surface area contributed by atoms with E-state index in [-0.39, 0.29) is 13.2 Å². The number of aromatic nitrogens is 2. The number of nitrogens with zero attached hydrogens (tertiary/aromatic N) is 2. The normalized spacial score (nSPS) is 11.1. The smallest absolute Gasteiger partial charge is 0.241 e. The number of hydrogen-bond acceptors (Lipinski definition) is 4. The highest BCUT2D eigenvalue weighted by atomic mass is 16.5. The van der Waals surface area contributed by atoms with Crippen molar-refractivity contribution in [3.8, 4) is 5.88 Å². The molecule has 0 spiro atoms. The molecule has 5 nitrogen and oxygen atoms in total. The standard InChI is InChI=1S/C20H18N2O3/c23-13-16-10-11-17(25-16)14-24-20-18-8-4-5-9-19(18)22(21-20)12-15-6-2-1-3-7-15/h1-11,23H,12-14H2. The second kappa shape index (κ2) is 6.83. The summed E-state index contributed by atoms with van der Waals surface area (Å²) in [5.41, 5.74) is 2.21. The molecule has 0 aliphatic rings. The van der Waals surface area contributed by atoms with E-state index in [0.29, 0.717) is 23.9 Å². The fourth-order valence-electron chi connectivity index (χ4n) is 2.80. The lowest BCUT2D eigenvalue weighted by atomic mass is 10.2. The number of aliphatic hydroxyl groups is 1. The molecule has 2 aromatic heterocycles. The summed E-state index contributed by atoms with van der Waals surface area (Å²) in [7, 11) is 0. The molecule has 0 unspecified atom stereocenters. The highest BCUT2D eigenvalue weighted by Gasteiger charge is 2.12. The summed E-state index contributed by atoms with van der Waals surface area (Å²) in [5.74, 6) is 1.76. The maximum atomic E-state index is 9.07. The van der Waals surface area contributed by atoms with Crippen LogP contribution in [-0.2, 0) is 19.8 Å². The van der Waals surface area contributed by atoms with Gasteiger partial charge < -0.3 is 14.3 Å². The Balaban J connectivity index is 1.60. The Morgan fingerprint density at radius 1 is 0.920 bits per heavy atom. The molecule has 126 valence electrons. The van der Waals surface area contributed by atoms with Gasteiger partial charge in [-0.3, -0.25) is 4.68 Å². The quantitative estimate of drug-likeness (QED) is 0.583. The second-order valence-electron chi connectivity index (χ2n) is 5.78. The highest BCUT2D eigenvalue weighted by molar-refractivity contribution is 5.84. The van der Waals surface area contributed by atoms with Gasteiger partial charge in [0.25, 0.3) is 0 Å². The predicted molar refractivity (Wildman–Crippen MR) is 94.2 cm³/mol. The second-order valence-corrected chi connectivity index (χ2v) is 5.78. The zero-order valence-corrected chi connectivity index (χ0v) is 13.6. The summed E-state index contributed by atoms with van der Waals surface area (Å²) in [6.07, 6.45) is 0. The van der Waals surface area contributed by atoms with E-state index in [1.54, 1.807) is 12.1 Å². The van der Waals surface area contributed by atoms with Crippen LogP contribution in [0, 0.1) is 0 Å². The molecule has 4 aromatic rings. The van der Waals surface area contributed by atoms with Crippen LogP contribution in [0.2, 0.25) is 0 Å². The maximum Gasteiger partial charge on any atom is 0.241 e. The summed E-state index contributed by atoms with van der Waals surface area (Å²) in [4.78, 5) is 0. The fourth-order valence-corrected chi connectivity index (χ4v) is 2.80. The molecule has 0 saturated carbocycles. The van der Waals surface area contributed by atoms with Crippen LogP contribution in [0.3, 0.4) is 0 Å². The third kappa shape index (κ3) is 3.27. The van der Waals surface area contributed by atoms with Crippen molar-refractivity contribution in [3.63, 3.8) is 0 Å². The molecule has 0 aliphatic carbocycles. The molecule has 2 heterocycles. The van der Waals surface area contributed by atoms with Crippen molar-refractivity contribution in [2.24, 2.45) is 0 Å². The predicted octanol–water partition coefficient (Wildman–Crippen LogP) is 3.75. The van der Waals surface area contributed by atoms with E-state index in [9.17, 15) is 0 Å². The van der Waals surface area contributed by atoms with Gasteiger partial charge in [-0.1, -0.05) is 42.5 Å². The van der Waals surface area contributed by atoms with Crippen molar-refractivity contribution in [1.29, 1.82) is 0 Å². The molecule has 5 heteroatoms. The van der Waals surface area contributed by atoms with Crippen molar-refractivity contribution in [1.82, 2.24) is 9.78 Å². The van der Waals surface area contributed by atoms with Gasteiger partial charge in [0.15, 0.2) is 0 Å². The molecule has 1 N–H and O–H groups in total. The summed E-state index contributed by atoms with van der Waals surface area (Å²) in [6, 6.07) is 21.8. The summed E-state index contributed by atoms with van der Waals surface area (Å²) in [5, 5.41) is 14.7. The number of furan rings is 1. The Labute approximate surface area is 145 Å². The average molecular weight is 334 g/mol. The molecular formula is C20H18N2O3. The van der Waals surface area contributed by atoms with Crippen LogP contribution >= 0.6 is 0 Å². The molecule has 4 rings (SSSR count). The number of hydrogen-bond donors (Lipinski definition) is 1. The number of fused-ring (bicyclic) bond motifs is 1. The zero-order chi connectivity index (χ0) is 17.1. The molecule has 2 aromatic carbocycles. The van der Waals surface area contributed by atoms with Crippen LogP contribution in [0.15, 0.2) is 71.1 Å². The van der Waals surface area contributed by atoms with Gasteiger partial charge in [-0.2, -0.15) is 0 Å². The first-order valence-corrected chi connectivity index (χ1v) is 8.14. The van der Waals surface area contributed by atoms with Crippen LogP contribution in [0.4, 0.5) is 0 Å². The Morgan fingerprint density at radius 2 is 1.68 bits per heavy atom. The number of ether oxygens (including phenoxy) is 1. The highest BCUT2D eigenvalue weighted by Crippen LogP contribution is 2.26. The van der Waals surface area contributed by atoms with E-state index in [1.165, 1.54) is 5.56 Å². The van der Waals surface area contributed by atoms with Gasteiger partial charge in [0.2, 0.25) is 5.88 Å². The number of aliphatic hydroxyl groups excluding tert-OH is 1. The van der Waals surface area contributed by atoms with E-state index in [0.717, 1.165) is 10.9 Å². The van der Waals surface area contributed by atoms with Crippen molar-refractivity contribution >= 4 is 10.9 Å². The van der Waals surface area contributed by atoms with Gasteiger partial charge in [0.05, 0.1) is 17.4 Å². The van der Waals surface area contributed by atoms with Crippen molar-refractivity contribution in [2.45, 2.75) is 19.8 Å². The van der Waals surface area contributed by atoms with Crippen molar-refractivity contribution in [3.05, 3.63) is 83.8 Å². The first-order valence-electron chi connectivity index (χ1n) is 8.14. The van der Waals surface area contributed by atoms with Crippen LogP contribution < -0.4 is 4.74 Å². The number of para-hydroxylation sites is 1. The maximum absolute atomic E-state index is 9.07. The molecule has 0 amide bonds. The van der Waals surface area contributed by atoms with E-state index < -0.39 is 0 Å². The zero-order valence-electron chi connectivity index (χ0n) is 13.6.